The summed E-state index contributed by atoms with van der Waals surface area (Å²) in [6.45, 7) is 11.8. The maximum absolute atomic E-state index is 14.3. The van der Waals surface area contributed by atoms with Gasteiger partial charge in [-0.15, -0.1) is 0 Å². The fourth-order valence-electron chi connectivity index (χ4n) is 9.53. The van der Waals surface area contributed by atoms with Crippen LogP contribution in [0, 0.1) is 29.6 Å². The zero-order chi connectivity index (χ0) is 42.0. The maximum Gasteiger partial charge on any atom is 0.329 e. The van der Waals surface area contributed by atoms with E-state index < -0.39 is 65.9 Å². The number of aliphatic hydroxyl groups excluding tert-OH is 1. The second kappa shape index (κ2) is 21.5. The largest absolute Gasteiger partial charge is 0.456 e. The molecule has 0 aromatic heterocycles. The van der Waals surface area contributed by atoms with E-state index in [-0.39, 0.29) is 54.9 Å². The molecule has 12 nitrogen and oxygen atoms in total. The highest BCUT2D eigenvalue weighted by Gasteiger charge is 2.56. The molecule has 1 amide bonds. The normalized spacial score (nSPS) is 39.9. The number of carbonyl (C=O) groups excluding carboxylic acids is 4. The number of ketones is 2. The lowest BCUT2D eigenvalue weighted by molar-refractivity contribution is -0.302. The van der Waals surface area contributed by atoms with Gasteiger partial charge in [-0.3, -0.25) is 14.4 Å². The summed E-state index contributed by atoms with van der Waals surface area (Å²) in [4.78, 5) is 58.0. The van der Waals surface area contributed by atoms with Crippen molar-refractivity contribution in [2.24, 2.45) is 29.6 Å². The van der Waals surface area contributed by atoms with Gasteiger partial charge < -0.3 is 38.8 Å². The van der Waals surface area contributed by atoms with Crippen molar-refractivity contribution >= 4 is 23.4 Å². The van der Waals surface area contributed by atoms with Crippen LogP contribution in [-0.2, 0) is 42.9 Å². The number of hydrogen-bond acceptors (Lipinski definition) is 11. The minimum absolute atomic E-state index is 0.0723. The number of piperidine rings is 1. The van der Waals surface area contributed by atoms with Gasteiger partial charge >= 0.3 is 5.97 Å². The van der Waals surface area contributed by atoms with Crippen LogP contribution in [0.25, 0.3) is 0 Å². The molecule has 2 N–H and O–H groups in total. The van der Waals surface area contributed by atoms with E-state index in [4.69, 9.17) is 23.7 Å². The van der Waals surface area contributed by atoms with E-state index in [2.05, 4.69) is 19.1 Å². The first-order valence-electron chi connectivity index (χ1n) is 21.3. The number of allylic oxidation sites excluding steroid dienone is 5. The topological polar surface area (TPSA) is 158 Å². The Hall–Kier alpha value is -2.74. The minimum atomic E-state index is -2.47. The van der Waals surface area contributed by atoms with Crippen molar-refractivity contribution in [1.29, 1.82) is 0 Å². The lowest BCUT2D eigenvalue weighted by Crippen LogP contribution is -2.64. The van der Waals surface area contributed by atoms with E-state index in [1.807, 2.05) is 39.8 Å². The van der Waals surface area contributed by atoms with Gasteiger partial charge in [0.1, 0.15) is 24.0 Å². The van der Waals surface area contributed by atoms with E-state index in [0.717, 1.165) is 17.6 Å². The molecule has 3 fully saturated rings. The summed E-state index contributed by atoms with van der Waals surface area (Å²) >= 11 is 0. The average molecular weight is 802 g/mol. The Morgan fingerprint density at radius 3 is 2.30 bits per heavy atom. The molecule has 1 saturated carbocycles. The van der Waals surface area contributed by atoms with Crippen LogP contribution in [0.15, 0.2) is 35.5 Å². The van der Waals surface area contributed by atoms with Gasteiger partial charge in [-0.25, -0.2) is 4.79 Å². The van der Waals surface area contributed by atoms with Crippen LogP contribution >= 0.6 is 0 Å². The van der Waals surface area contributed by atoms with Crippen LogP contribution in [0.3, 0.4) is 0 Å². The van der Waals surface area contributed by atoms with Crippen molar-refractivity contribution in [3.63, 3.8) is 0 Å². The van der Waals surface area contributed by atoms with E-state index in [1.165, 1.54) is 4.90 Å². The molecule has 13 unspecified atom stereocenters. The smallest absolute Gasteiger partial charge is 0.329 e. The Labute approximate surface area is 340 Å². The van der Waals surface area contributed by atoms with Crippen molar-refractivity contribution in [3.8, 4) is 0 Å². The third-order valence-electron chi connectivity index (χ3n) is 12.9. The summed E-state index contributed by atoms with van der Waals surface area (Å²) < 4.78 is 30.0. The Kier molecular flexibility index (Phi) is 17.7. The maximum atomic E-state index is 14.3. The van der Waals surface area contributed by atoms with Gasteiger partial charge in [0.05, 0.1) is 24.4 Å². The van der Waals surface area contributed by atoms with E-state index in [1.54, 1.807) is 28.3 Å². The van der Waals surface area contributed by atoms with Crippen LogP contribution in [0.1, 0.15) is 119 Å². The number of fused-ring (bicyclic) bond motifs is 3. The second-order valence-electron chi connectivity index (χ2n) is 17.4. The highest BCUT2D eigenvalue weighted by Crippen LogP contribution is 2.39. The number of Topliss-reactive ketones (excluding diaryl/α,β-unsaturated/α-hetero) is 2. The molecule has 2 bridgehead atoms. The van der Waals surface area contributed by atoms with Gasteiger partial charge in [-0.2, -0.15) is 0 Å². The number of cyclic esters (lactones) is 1. The summed E-state index contributed by atoms with van der Waals surface area (Å²) in [5.41, 5.74) is 1.88. The van der Waals surface area contributed by atoms with E-state index in [0.29, 0.717) is 57.8 Å². The SMILES string of the molecule is CC=CCC1/C=C(\C)CC(C)CC(OC)C2OC(O)(C(=O)C(=O)N3CCCCC3C(=O)OC(C(C)=CC3CCC(O)C(OC)C3)C(C)CCC1=O)C(C)CC2OC. The summed E-state index contributed by atoms with van der Waals surface area (Å²) in [6.07, 6.45) is 10.8. The summed E-state index contributed by atoms with van der Waals surface area (Å²) in [6, 6.07) is -1.05. The Balaban J connectivity index is 1.76. The number of hydrogen-bond donors (Lipinski definition) is 2. The highest BCUT2D eigenvalue weighted by molar-refractivity contribution is 6.39. The van der Waals surface area contributed by atoms with Crippen molar-refractivity contribution in [1.82, 2.24) is 4.90 Å². The Morgan fingerprint density at radius 2 is 1.63 bits per heavy atom. The molecular weight excluding hydrogens is 730 g/mol. The lowest BCUT2D eigenvalue weighted by Gasteiger charge is -2.47. The fourth-order valence-corrected chi connectivity index (χ4v) is 9.53. The molecule has 57 heavy (non-hydrogen) atoms. The van der Waals surface area contributed by atoms with Gasteiger partial charge in [0.2, 0.25) is 5.79 Å². The molecular formula is C45H71NO11. The molecule has 0 radical (unpaired) electrons. The number of esters is 1. The zero-order valence-corrected chi connectivity index (χ0v) is 35.9. The second-order valence-corrected chi connectivity index (χ2v) is 17.4. The third kappa shape index (κ3) is 11.7. The molecule has 0 spiro atoms. The molecule has 2 saturated heterocycles. The van der Waals surface area contributed by atoms with Gasteiger partial charge in [-0.05, 0) is 115 Å². The minimum Gasteiger partial charge on any atom is -0.456 e. The first-order valence-corrected chi connectivity index (χ1v) is 21.3. The van der Waals surface area contributed by atoms with Crippen molar-refractivity contribution in [2.75, 3.05) is 27.9 Å². The Morgan fingerprint density at radius 1 is 0.947 bits per heavy atom. The van der Waals surface area contributed by atoms with Gasteiger partial charge in [-0.1, -0.05) is 50.6 Å². The number of aliphatic hydroxyl groups is 2. The molecule has 1 aliphatic carbocycles. The monoisotopic (exact) mass is 802 g/mol. The van der Waals surface area contributed by atoms with Crippen molar-refractivity contribution in [2.45, 2.75) is 167 Å². The molecule has 4 aliphatic rings. The molecule has 3 heterocycles. The van der Waals surface area contributed by atoms with Crippen LogP contribution in [0.5, 0.6) is 0 Å². The quantitative estimate of drug-likeness (QED) is 0.175. The van der Waals surface area contributed by atoms with Crippen molar-refractivity contribution < 1.29 is 53.1 Å². The standard InChI is InChI=1S/C45H71NO11/c1-10-11-14-33-22-27(2)21-28(3)23-38(54-8)41-39(55-9)25-31(6)45(52,57-41)42(49)43(50)46-20-13-12-15-34(46)44(51)56-40(29(4)16-18-35(33)47)30(5)24-32-17-19-36(48)37(26-32)53-7/h10-11,22,24,28-29,31-34,36-41,48,52H,12-21,23,25-26H2,1-9H3/b11-10?,27-22+,30-24?. The average Bonchev–Trinajstić information content (AvgIpc) is 3.19. The molecule has 0 aromatic carbocycles. The summed E-state index contributed by atoms with van der Waals surface area (Å²) in [7, 11) is 4.70. The molecule has 3 aliphatic heterocycles. The van der Waals surface area contributed by atoms with Gasteiger partial charge in [0.15, 0.2) is 0 Å². The van der Waals surface area contributed by atoms with Gasteiger partial charge in [0.25, 0.3) is 11.7 Å². The molecule has 322 valence electrons. The molecule has 12 heteroatoms. The molecule has 4 rings (SSSR count). The number of ether oxygens (including phenoxy) is 5. The number of carbonyl (C=O) groups is 4. The van der Waals surface area contributed by atoms with Crippen LogP contribution in [0.4, 0.5) is 0 Å². The van der Waals surface area contributed by atoms with E-state index >= 15 is 0 Å². The first kappa shape index (κ1) is 46.9. The van der Waals surface area contributed by atoms with Crippen LogP contribution in [0.2, 0.25) is 0 Å². The van der Waals surface area contributed by atoms with E-state index in [9.17, 15) is 29.4 Å². The summed E-state index contributed by atoms with van der Waals surface area (Å²) in [5, 5.41) is 22.5. The zero-order valence-electron chi connectivity index (χ0n) is 35.9. The molecule has 13 atom stereocenters. The van der Waals surface area contributed by atoms with Crippen molar-refractivity contribution in [3.05, 3.63) is 35.5 Å². The first-order chi connectivity index (χ1) is 27.1. The Bertz CT molecular complexity index is 1470. The lowest BCUT2D eigenvalue weighted by atomic mass is 9.82. The van der Waals surface area contributed by atoms with Crippen LogP contribution < -0.4 is 0 Å². The summed E-state index contributed by atoms with van der Waals surface area (Å²) in [5.74, 6) is -6.33. The highest BCUT2D eigenvalue weighted by atomic mass is 16.7. The van der Waals surface area contributed by atoms with Gasteiger partial charge in [0, 0.05) is 46.1 Å². The molecule has 0 aromatic rings. The predicted molar refractivity (Wildman–Crippen MR) is 216 cm³/mol. The number of amides is 1. The third-order valence-corrected chi connectivity index (χ3v) is 12.9. The number of rotatable bonds is 7. The predicted octanol–water partition coefficient (Wildman–Crippen LogP) is 6.06. The number of nitrogens with zero attached hydrogens (tertiary/aromatic N) is 1. The van der Waals surface area contributed by atoms with Crippen LogP contribution in [-0.4, -0.2) is 115 Å². The number of methoxy groups -OCH3 is 3. The fraction of sp³-hybridized carbons (Fsp3) is 0.778.